The zero-order valence-corrected chi connectivity index (χ0v) is 9.63. The molecule has 1 nitrogen and oxygen atoms in total. The summed E-state index contributed by atoms with van der Waals surface area (Å²) in [5, 5.41) is 0. The van der Waals surface area contributed by atoms with E-state index in [2.05, 4.69) is 34.3 Å². The van der Waals surface area contributed by atoms with E-state index in [0.717, 1.165) is 6.42 Å². The summed E-state index contributed by atoms with van der Waals surface area (Å²) < 4.78 is 0. The van der Waals surface area contributed by atoms with Crippen molar-refractivity contribution in [3.63, 3.8) is 0 Å². The smallest absolute Gasteiger partial charge is 0.140 e. The van der Waals surface area contributed by atoms with Gasteiger partial charge in [-0.05, 0) is 23.2 Å². The lowest BCUT2D eigenvalue weighted by molar-refractivity contribution is -0.178. The number of fused-ring (bicyclic) bond motifs is 2. The molecule has 14 heavy (non-hydrogen) atoms. The highest BCUT2D eigenvalue weighted by atomic mass is 16.1. The Morgan fingerprint density at radius 1 is 1.43 bits per heavy atom. The van der Waals surface area contributed by atoms with Crippen LogP contribution in [0.15, 0.2) is 12.7 Å². The molecule has 0 aromatic carbocycles. The van der Waals surface area contributed by atoms with Crippen LogP contribution in [0.3, 0.4) is 0 Å². The third-order valence-electron chi connectivity index (χ3n) is 5.16. The first-order valence-electron chi connectivity index (χ1n) is 5.53. The molecule has 0 aliphatic heterocycles. The Hall–Kier alpha value is -0.590. The maximum atomic E-state index is 12.1. The Morgan fingerprint density at radius 3 is 2.43 bits per heavy atom. The highest BCUT2D eigenvalue weighted by molar-refractivity contribution is 5.88. The van der Waals surface area contributed by atoms with E-state index in [4.69, 9.17) is 0 Å². The second-order valence-electron chi connectivity index (χ2n) is 5.86. The van der Waals surface area contributed by atoms with Gasteiger partial charge in [-0.15, -0.1) is 6.58 Å². The molecule has 3 rings (SSSR count). The highest BCUT2D eigenvalue weighted by Crippen LogP contribution is 2.66. The lowest BCUT2D eigenvalue weighted by Crippen LogP contribution is -2.64. The van der Waals surface area contributed by atoms with Crippen LogP contribution >= 0.6 is 0 Å². The summed E-state index contributed by atoms with van der Waals surface area (Å²) in [5.41, 5.74) is 0.224. The average Bonchev–Trinajstić information content (AvgIpc) is 2.12. The number of ketones is 1. The van der Waals surface area contributed by atoms with E-state index in [1.807, 2.05) is 6.08 Å². The van der Waals surface area contributed by atoms with Gasteiger partial charge in [0.05, 0.1) is 0 Å². The monoisotopic (exact) mass is 192 g/mol. The van der Waals surface area contributed by atoms with Gasteiger partial charge >= 0.3 is 0 Å². The lowest BCUT2D eigenvalue weighted by Gasteiger charge is -2.65. The predicted molar refractivity (Wildman–Crippen MR) is 57.9 cm³/mol. The fourth-order valence-electron chi connectivity index (χ4n) is 3.69. The first-order valence-corrected chi connectivity index (χ1v) is 5.53. The van der Waals surface area contributed by atoms with Crippen molar-refractivity contribution in [3.8, 4) is 0 Å². The van der Waals surface area contributed by atoms with Gasteiger partial charge in [-0.1, -0.05) is 33.8 Å². The van der Waals surface area contributed by atoms with Crippen molar-refractivity contribution in [2.75, 3.05) is 0 Å². The Balaban J connectivity index is 2.44. The molecule has 1 heteroatoms. The molecule has 0 unspecified atom stereocenters. The maximum Gasteiger partial charge on any atom is 0.140 e. The van der Waals surface area contributed by atoms with Gasteiger partial charge in [0, 0.05) is 11.8 Å². The normalized spacial score (nSPS) is 49.7. The third kappa shape index (κ3) is 0.838. The van der Waals surface area contributed by atoms with E-state index in [9.17, 15) is 4.79 Å². The minimum absolute atomic E-state index is 0.0231. The topological polar surface area (TPSA) is 17.1 Å². The number of carbonyl (C=O) groups is 1. The zero-order chi connectivity index (χ0) is 10.7. The van der Waals surface area contributed by atoms with Crippen LogP contribution in [-0.4, -0.2) is 5.78 Å². The number of hydrogen-bond acceptors (Lipinski definition) is 1. The van der Waals surface area contributed by atoms with Gasteiger partial charge in [0.25, 0.3) is 0 Å². The minimum atomic E-state index is 0.0231. The van der Waals surface area contributed by atoms with Crippen LogP contribution in [0.5, 0.6) is 0 Å². The molecule has 4 atom stereocenters. The van der Waals surface area contributed by atoms with Gasteiger partial charge in [-0.2, -0.15) is 0 Å². The van der Waals surface area contributed by atoms with E-state index in [1.54, 1.807) is 0 Å². The van der Waals surface area contributed by atoms with Crippen molar-refractivity contribution >= 4 is 5.78 Å². The molecule has 3 aliphatic rings. The van der Waals surface area contributed by atoms with Gasteiger partial charge in [0.15, 0.2) is 0 Å². The Morgan fingerprint density at radius 2 is 2.00 bits per heavy atom. The van der Waals surface area contributed by atoms with E-state index < -0.39 is 0 Å². The van der Waals surface area contributed by atoms with Crippen LogP contribution in [-0.2, 0) is 4.79 Å². The van der Waals surface area contributed by atoms with Gasteiger partial charge in [0.2, 0.25) is 0 Å². The summed E-state index contributed by atoms with van der Waals surface area (Å²) in [5.74, 6) is 1.58. The highest BCUT2D eigenvalue weighted by Gasteiger charge is 2.64. The second kappa shape index (κ2) is 2.50. The Kier molecular flexibility index (Phi) is 1.78. The SMILES string of the molecule is C=C[C@]1(C)[C@@H]2C[C@H](C(=O)[C@@H]1C)C2(C)C. The van der Waals surface area contributed by atoms with E-state index in [0.29, 0.717) is 17.6 Å². The van der Waals surface area contributed by atoms with E-state index in [-0.39, 0.29) is 16.7 Å². The van der Waals surface area contributed by atoms with Crippen LogP contribution in [0, 0.1) is 28.6 Å². The predicted octanol–water partition coefficient (Wildman–Crippen LogP) is 3.06. The fourth-order valence-corrected chi connectivity index (χ4v) is 3.69. The summed E-state index contributed by atoms with van der Waals surface area (Å²) in [6.45, 7) is 12.7. The Bertz CT molecular complexity index is 302. The molecule has 0 spiro atoms. The first-order chi connectivity index (χ1) is 6.35. The molecule has 0 aromatic rings. The molecule has 0 saturated heterocycles. The summed E-state index contributed by atoms with van der Waals surface area (Å²) >= 11 is 0. The molecule has 3 fully saturated rings. The van der Waals surface area contributed by atoms with Crippen LogP contribution in [0.1, 0.15) is 34.1 Å². The molecule has 0 radical (unpaired) electrons. The summed E-state index contributed by atoms with van der Waals surface area (Å²) in [4.78, 5) is 12.1. The van der Waals surface area contributed by atoms with Gasteiger partial charge < -0.3 is 0 Å². The zero-order valence-electron chi connectivity index (χ0n) is 9.63. The van der Waals surface area contributed by atoms with Crippen molar-refractivity contribution in [2.24, 2.45) is 28.6 Å². The molecule has 0 N–H and O–H groups in total. The maximum absolute atomic E-state index is 12.1. The van der Waals surface area contributed by atoms with Crippen molar-refractivity contribution in [1.82, 2.24) is 0 Å². The molecule has 2 bridgehead atoms. The fraction of sp³-hybridized carbons (Fsp3) is 0.769. The molecular weight excluding hydrogens is 172 g/mol. The molecule has 3 aliphatic carbocycles. The van der Waals surface area contributed by atoms with Gasteiger partial charge in [0.1, 0.15) is 5.78 Å². The number of carbonyl (C=O) groups excluding carboxylic acids is 1. The number of allylic oxidation sites excluding steroid dienone is 1. The largest absolute Gasteiger partial charge is 0.299 e. The molecular formula is C13H20O. The lowest BCUT2D eigenvalue weighted by atomic mass is 9.38. The molecule has 3 saturated carbocycles. The van der Waals surface area contributed by atoms with Crippen LogP contribution < -0.4 is 0 Å². The van der Waals surface area contributed by atoms with Crippen molar-refractivity contribution in [1.29, 1.82) is 0 Å². The quantitative estimate of drug-likeness (QED) is 0.583. The third-order valence-corrected chi connectivity index (χ3v) is 5.16. The molecule has 0 heterocycles. The minimum Gasteiger partial charge on any atom is -0.299 e. The molecule has 0 aromatic heterocycles. The van der Waals surface area contributed by atoms with E-state index in [1.165, 1.54) is 0 Å². The number of Topliss-reactive ketones (excluding diaryl/α,β-unsaturated/α-hetero) is 1. The summed E-state index contributed by atoms with van der Waals surface area (Å²) in [6, 6.07) is 0. The Labute approximate surface area is 86.6 Å². The van der Waals surface area contributed by atoms with Crippen LogP contribution in [0.25, 0.3) is 0 Å². The van der Waals surface area contributed by atoms with Crippen LogP contribution in [0.2, 0.25) is 0 Å². The van der Waals surface area contributed by atoms with Crippen LogP contribution in [0.4, 0.5) is 0 Å². The molecule has 0 amide bonds. The summed E-state index contributed by atoms with van der Waals surface area (Å²) in [7, 11) is 0. The summed E-state index contributed by atoms with van der Waals surface area (Å²) in [6.07, 6.45) is 3.09. The van der Waals surface area contributed by atoms with Crippen molar-refractivity contribution < 1.29 is 4.79 Å². The standard InChI is InChI=1S/C13H20O/c1-6-13(5)8(2)11(14)9-7-10(13)12(9,3)4/h6,8-10H,1,7H2,2-5H3/t8-,9+,10+,13-/m0/s1. The van der Waals surface area contributed by atoms with Gasteiger partial charge in [-0.3, -0.25) is 4.79 Å². The number of rotatable bonds is 1. The van der Waals surface area contributed by atoms with Gasteiger partial charge in [-0.25, -0.2) is 0 Å². The first kappa shape index (κ1) is 9.95. The van der Waals surface area contributed by atoms with Crippen molar-refractivity contribution in [3.05, 3.63) is 12.7 Å². The number of hydrogen-bond donors (Lipinski definition) is 0. The van der Waals surface area contributed by atoms with Crippen molar-refractivity contribution in [2.45, 2.75) is 34.1 Å². The molecule has 78 valence electrons. The van der Waals surface area contributed by atoms with E-state index >= 15 is 0 Å². The second-order valence-corrected chi connectivity index (χ2v) is 5.86. The average molecular weight is 192 g/mol.